The van der Waals surface area contributed by atoms with Gasteiger partial charge in [-0.05, 0) is 29.9 Å². The third-order valence-electron chi connectivity index (χ3n) is 6.53. The third-order valence-corrected chi connectivity index (χ3v) is 6.53. The molecule has 0 bridgehead atoms. The van der Waals surface area contributed by atoms with Crippen molar-refractivity contribution in [2.75, 3.05) is 24.6 Å². The molecule has 1 fully saturated rings. The van der Waals surface area contributed by atoms with Gasteiger partial charge in [0, 0.05) is 35.9 Å². The number of carbonyl (C=O) groups is 1. The summed E-state index contributed by atoms with van der Waals surface area (Å²) < 4.78 is 35.0. The topological polar surface area (TPSA) is 71.8 Å². The van der Waals surface area contributed by atoms with Crippen LogP contribution in [0.25, 0.3) is 11.3 Å². The summed E-state index contributed by atoms with van der Waals surface area (Å²) in [6.07, 6.45) is 3.59. The van der Waals surface area contributed by atoms with Crippen LogP contribution in [0.3, 0.4) is 0 Å². The van der Waals surface area contributed by atoms with Gasteiger partial charge in [-0.3, -0.25) is 4.79 Å². The molecule has 0 radical (unpaired) electrons. The molecule has 0 aliphatic carbocycles. The Morgan fingerprint density at radius 1 is 1.25 bits per heavy atom. The van der Waals surface area contributed by atoms with Crippen molar-refractivity contribution in [3.8, 4) is 17.0 Å². The molecule has 170 valence electrons. The Balaban J connectivity index is 1.71. The van der Waals surface area contributed by atoms with Crippen molar-refractivity contribution in [3.63, 3.8) is 0 Å². The molecule has 6 nitrogen and oxygen atoms in total. The van der Waals surface area contributed by atoms with Gasteiger partial charge in [-0.1, -0.05) is 20.8 Å². The lowest BCUT2D eigenvalue weighted by atomic mass is 9.80. The molecule has 1 unspecified atom stereocenters. The average Bonchev–Trinajstić information content (AvgIpc) is 3.14. The lowest BCUT2D eigenvalue weighted by molar-refractivity contribution is -0.0264. The molecule has 3 aliphatic heterocycles. The number of carboxylic acid groups (broad SMARTS) is 1. The van der Waals surface area contributed by atoms with E-state index in [4.69, 9.17) is 4.74 Å². The van der Waals surface area contributed by atoms with Gasteiger partial charge < -0.3 is 19.3 Å². The van der Waals surface area contributed by atoms with Crippen molar-refractivity contribution in [2.24, 2.45) is 5.41 Å². The number of halogens is 2. The molecule has 5 rings (SSSR count). The number of aromatic nitrogens is 1. The van der Waals surface area contributed by atoms with E-state index in [0.29, 0.717) is 36.6 Å². The van der Waals surface area contributed by atoms with Crippen LogP contribution in [-0.4, -0.2) is 41.3 Å². The van der Waals surface area contributed by atoms with Crippen LogP contribution in [0.2, 0.25) is 0 Å². The second-order valence-electron chi connectivity index (χ2n) is 10.3. The Bertz CT molecular complexity index is 1190. The number of aromatic carboxylic acids is 1. The maximum atomic E-state index is 13.6. The first kappa shape index (κ1) is 21.0. The van der Waals surface area contributed by atoms with E-state index in [1.807, 2.05) is 10.6 Å². The normalized spacial score (nSPS) is 20.7. The Hall–Kier alpha value is -2.90. The fourth-order valence-corrected chi connectivity index (χ4v) is 5.24. The van der Waals surface area contributed by atoms with Crippen molar-refractivity contribution in [2.45, 2.75) is 52.0 Å². The summed E-state index contributed by atoms with van der Waals surface area (Å²) in [5.74, 6) is -3.30. The van der Waals surface area contributed by atoms with Crippen LogP contribution in [-0.2, 0) is 12.8 Å². The van der Waals surface area contributed by atoms with Gasteiger partial charge in [-0.2, -0.15) is 0 Å². The van der Waals surface area contributed by atoms with Crippen LogP contribution in [0, 0.1) is 5.41 Å². The standard InChI is InChI=1S/C24H26F2N2O4/c1-23(2,3)9-13-6-15-14-4-5-32-21(14)19(27-11-24(25,26)12-27)7-16(15)18-8-20(29)17(22(30)31)10-28(13)18/h7-8,10,13H,4-6,9,11-12H2,1-3H3,(H,30,31). The van der Waals surface area contributed by atoms with Crippen molar-refractivity contribution >= 4 is 11.7 Å². The van der Waals surface area contributed by atoms with E-state index in [0.717, 1.165) is 23.1 Å². The van der Waals surface area contributed by atoms with Gasteiger partial charge in [0.1, 0.15) is 11.3 Å². The van der Waals surface area contributed by atoms with Gasteiger partial charge in [0.05, 0.1) is 31.1 Å². The molecule has 32 heavy (non-hydrogen) atoms. The minimum atomic E-state index is -2.72. The average molecular weight is 444 g/mol. The second kappa shape index (κ2) is 6.80. The minimum Gasteiger partial charge on any atom is -0.491 e. The molecular formula is C24H26F2N2O4. The summed E-state index contributed by atoms with van der Waals surface area (Å²) in [5, 5.41) is 9.51. The number of nitrogens with zero attached hydrogens (tertiary/aromatic N) is 2. The summed E-state index contributed by atoms with van der Waals surface area (Å²) in [7, 11) is 0. The zero-order valence-electron chi connectivity index (χ0n) is 18.4. The third kappa shape index (κ3) is 3.36. The zero-order valence-corrected chi connectivity index (χ0v) is 18.4. The highest BCUT2D eigenvalue weighted by Gasteiger charge is 2.46. The van der Waals surface area contributed by atoms with Crippen LogP contribution in [0.15, 0.2) is 23.1 Å². The number of anilines is 1. The van der Waals surface area contributed by atoms with Gasteiger partial charge in [-0.25, -0.2) is 13.6 Å². The highest BCUT2D eigenvalue weighted by atomic mass is 19.3. The smallest absolute Gasteiger partial charge is 0.341 e. The molecule has 0 saturated carbocycles. The van der Waals surface area contributed by atoms with E-state index in [-0.39, 0.29) is 30.1 Å². The Labute approximate surface area is 184 Å². The minimum absolute atomic E-state index is 0.0191. The lowest BCUT2D eigenvalue weighted by Crippen LogP contribution is -2.56. The fraction of sp³-hybridized carbons (Fsp3) is 0.500. The number of fused-ring (bicyclic) bond motifs is 5. The fourth-order valence-electron chi connectivity index (χ4n) is 5.24. The van der Waals surface area contributed by atoms with E-state index in [2.05, 4.69) is 20.8 Å². The number of alkyl halides is 2. The number of hydrogen-bond donors (Lipinski definition) is 1. The number of carboxylic acids is 1. The van der Waals surface area contributed by atoms with Crippen LogP contribution in [0.1, 0.15) is 54.7 Å². The molecule has 1 atom stereocenters. The number of hydrogen-bond acceptors (Lipinski definition) is 4. The Kier molecular flexibility index (Phi) is 4.45. The van der Waals surface area contributed by atoms with Crippen LogP contribution in [0.4, 0.5) is 14.5 Å². The molecule has 0 amide bonds. The van der Waals surface area contributed by atoms with Crippen LogP contribution < -0.4 is 15.1 Å². The van der Waals surface area contributed by atoms with E-state index >= 15 is 0 Å². The van der Waals surface area contributed by atoms with Crippen molar-refractivity contribution in [1.29, 1.82) is 0 Å². The molecule has 0 spiro atoms. The maximum Gasteiger partial charge on any atom is 0.341 e. The Morgan fingerprint density at radius 2 is 1.97 bits per heavy atom. The number of benzene rings is 1. The van der Waals surface area contributed by atoms with Gasteiger partial charge in [0.15, 0.2) is 5.43 Å². The monoisotopic (exact) mass is 444 g/mol. The first-order chi connectivity index (χ1) is 14.9. The summed E-state index contributed by atoms with van der Waals surface area (Å²) in [4.78, 5) is 25.9. The van der Waals surface area contributed by atoms with Gasteiger partial charge >= 0.3 is 5.97 Å². The molecular weight excluding hydrogens is 418 g/mol. The predicted octanol–water partition coefficient (Wildman–Crippen LogP) is 4.14. The highest BCUT2D eigenvalue weighted by Crippen LogP contribution is 2.50. The SMILES string of the molecule is CC(C)(C)CC1Cc2c(cc(N3CC(F)(F)C3)c3c2CCO3)-c2cc(=O)c(C(=O)O)cn21. The van der Waals surface area contributed by atoms with Crippen LogP contribution >= 0.6 is 0 Å². The summed E-state index contributed by atoms with van der Waals surface area (Å²) >= 11 is 0. The number of rotatable bonds is 3. The van der Waals surface area contributed by atoms with E-state index < -0.39 is 17.3 Å². The second-order valence-corrected chi connectivity index (χ2v) is 10.3. The van der Waals surface area contributed by atoms with Crippen molar-refractivity contribution in [1.82, 2.24) is 4.57 Å². The van der Waals surface area contributed by atoms with Gasteiger partial charge in [-0.15, -0.1) is 0 Å². The van der Waals surface area contributed by atoms with E-state index in [1.165, 1.54) is 12.3 Å². The molecule has 1 aromatic heterocycles. The van der Waals surface area contributed by atoms with Crippen molar-refractivity contribution < 1.29 is 23.4 Å². The molecule has 3 aliphatic rings. The molecule has 4 heterocycles. The van der Waals surface area contributed by atoms with Gasteiger partial charge in [0.2, 0.25) is 0 Å². The summed E-state index contributed by atoms with van der Waals surface area (Å²) in [6, 6.07) is 3.20. The first-order valence-electron chi connectivity index (χ1n) is 10.9. The largest absolute Gasteiger partial charge is 0.491 e. The van der Waals surface area contributed by atoms with Crippen LogP contribution in [0.5, 0.6) is 5.75 Å². The quantitative estimate of drug-likeness (QED) is 0.771. The van der Waals surface area contributed by atoms with Gasteiger partial charge in [0.25, 0.3) is 5.92 Å². The Morgan fingerprint density at radius 3 is 2.59 bits per heavy atom. The molecule has 1 saturated heterocycles. The number of pyridine rings is 1. The highest BCUT2D eigenvalue weighted by molar-refractivity contribution is 5.88. The lowest BCUT2D eigenvalue weighted by Gasteiger charge is -2.42. The maximum absolute atomic E-state index is 13.6. The summed E-state index contributed by atoms with van der Waals surface area (Å²) in [5.41, 5.74) is 3.32. The number of ether oxygens (including phenoxy) is 1. The zero-order chi connectivity index (χ0) is 23.0. The molecule has 1 N–H and O–H groups in total. The molecule has 8 heteroatoms. The molecule has 2 aromatic rings. The van der Waals surface area contributed by atoms with E-state index in [1.54, 1.807) is 4.90 Å². The molecule has 1 aromatic carbocycles. The van der Waals surface area contributed by atoms with E-state index in [9.17, 15) is 23.5 Å². The first-order valence-corrected chi connectivity index (χ1v) is 10.9. The predicted molar refractivity (Wildman–Crippen MR) is 116 cm³/mol. The summed E-state index contributed by atoms with van der Waals surface area (Å²) in [6.45, 7) is 6.16. The van der Waals surface area contributed by atoms with Crippen molar-refractivity contribution in [3.05, 3.63) is 45.2 Å².